The summed E-state index contributed by atoms with van der Waals surface area (Å²) in [4.78, 5) is 63.2. The van der Waals surface area contributed by atoms with E-state index in [0.29, 0.717) is 16.9 Å². The van der Waals surface area contributed by atoms with Gasteiger partial charge in [-0.25, -0.2) is 4.79 Å². The molecule has 0 saturated carbocycles. The lowest BCUT2D eigenvalue weighted by Crippen LogP contribution is -2.58. The Morgan fingerprint density at radius 3 is 1.70 bits per heavy atom. The smallest absolute Gasteiger partial charge is 0.328 e. The van der Waals surface area contributed by atoms with Gasteiger partial charge in [0, 0.05) is 6.42 Å². The highest BCUT2D eigenvalue weighted by Crippen LogP contribution is 2.13. The number of carboxylic acids is 1. The van der Waals surface area contributed by atoms with E-state index >= 15 is 0 Å². The first-order valence-corrected chi connectivity index (χ1v) is 15.1. The van der Waals surface area contributed by atoms with E-state index in [2.05, 4.69) is 21.3 Å². The normalized spacial score (nSPS) is 14.3. The van der Waals surface area contributed by atoms with Gasteiger partial charge in [0.1, 0.15) is 35.7 Å². The molecular formula is C29H39N5O9S. The molecule has 0 bridgehead atoms. The molecular weight excluding hydrogens is 594 g/mol. The van der Waals surface area contributed by atoms with Gasteiger partial charge in [0.15, 0.2) is 0 Å². The van der Waals surface area contributed by atoms with Gasteiger partial charge >= 0.3 is 5.97 Å². The number of benzene rings is 2. The van der Waals surface area contributed by atoms with Crippen molar-refractivity contribution in [3.8, 4) is 11.5 Å². The summed E-state index contributed by atoms with van der Waals surface area (Å²) in [7, 11) is 0. The fourth-order valence-corrected chi connectivity index (χ4v) is 4.44. The lowest BCUT2D eigenvalue weighted by molar-refractivity contribution is -0.143. The largest absolute Gasteiger partial charge is 0.508 e. The van der Waals surface area contributed by atoms with Crippen LogP contribution in [-0.2, 0) is 36.8 Å². The number of aromatic hydroxyl groups is 2. The van der Waals surface area contributed by atoms with Crippen molar-refractivity contribution in [1.82, 2.24) is 21.3 Å². The van der Waals surface area contributed by atoms with Crippen molar-refractivity contribution in [1.29, 1.82) is 0 Å². The molecule has 4 amide bonds. The molecule has 0 spiro atoms. The Morgan fingerprint density at radius 1 is 0.727 bits per heavy atom. The van der Waals surface area contributed by atoms with Gasteiger partial charge in [-0.15, -0.1) is 0 Å². The Balaban J connectivity index is 2.14. The Labute approximate surface area is 258 Å². The van der Waals surface area contributed by atoms with E-state index in [0.717, 1.165) is 0 Å². The summed E-state index contributed by atoms with van der Waals surface area (Å²) in [6.07, 6.45) is 2.05. The van der Waals surface area contributed by atoms with Gasteiger partial charge in [-0.05, 0) is 67.2 Å². The number of carbonyl (C=O) groups excluding carboxylic acids is 4. The Kier molecular flexibility index (Phi) is 14.4. The molecule has 0 heterocycles. The number of aliphatic carboxylic acids is 1. The quantitative estimate of drug-likeness (QED) is 0.102. The predicted molar refractivity (Wildman–Crippen MR) is 163 cm³/mol. The first-order valence-electron chi connectivity index (χ1n) is 13.7. The first kappa shape index (κ1) is 35.9. The standard InChI is InChI=1S/C29H39N5O9S/c1-16(25(38)32-22(11-12-44-2)27(40)34-24(15-35)29(42)43)31-28(41)23(14-18-5-9-20(37)10-6-18)33-26(39)21(30)13-17-3-7-19(36)8-4-17/h3-10,16,21-24,35-37H,11-15,30H2,1-2H3,(H,31,41)(H,32,38)(H,33,39)(H,34,40)(H,42,43)/t16-,21-,22-,23-,24-/m0/s1. The number of carboxylic acid groups (broad SMARTS) is 1. The second kappa shape index (κ2) is 17.7. The molecule has 2 aromatic rings. The molecule has 0 aliphatic heterocycles. The second-order valence-corrected chi connectivity index (χ2v) is 11.0. The summed E-state index contributed by atoms with van der Waals surface area (Å²) in [5.41, 5.74) is 7.37. The molecule has 0 radical (unpaired) electrons. The number of aliphatic hydroxyl groups excluding tert-OH is 1. The molecule has 0 aromatic heterocycles. The molecule has 10 N–H and O–H groups in total. The Morgan fingerprint density at radius 2 is 1.20 bits per heavy atom. The monoisotopic (exact) mass is 633 g/mol. The van der Waals surface area contributed by atoms with Crippen LogP contribution in [-0.4, -0.2) is 98.8 Å². The van der Waals surface area contributed by atoms with Crippen LogP contribution in [0.3, 0.4) is 0 Å². The molecule has 0 saturated heterocycles. The van der Waals surface area contributed by atoms with Crippen LogP contribution in [0.1, 0.15) is 24.5 Å². The molecule has 2 rings (SSSR count). The third-order valence-electron chi connectivity index (χ3n) is 6.53. The van der Waals surface area contributed by atoms with Crippen molar-refractivity contribution in [2.24, 2.45) is 5.73 Å². The highest BCUT2D eigenvalue weighted by molar-refractivity contribution is 7.98. The molecule has 14 nitrogen and oxygen atoms in total. The average molecular weight is 634 g/mol. The Bertz CT molecular complexity index is 1280. The highest BCUT2D eigenvalue weighted by atomic mass is 32.2. The van der Waals surface area contributed by atoms with Crippen LogP contribution in [0.2, 0.25) is 0 Å². The fourth-order valence-electron chi connectivity index (χ4n) is 3.97. The molecule has 15 heteroatoms. The fraction of sp³-hybridized carbons (Fsp3) is 0.414. The van der Waals surface area contributed by atoms with E-state index in [1.165, 1.54) is 43.0 Å². The first-order chi connectivity index (χ1) is 20.8. The van der Waals surface area contributed by atoms with Gasteiger partial charge in [-0.1, -0.05) is 24.3 Å². The van der Waals surface area contributed by atoms with Crippen LogP contribution in [0.25, 0.3) is 0 Å². The number of thioether (sulfide) groups is 1. The van der Waals surface area contributed by atoms with Crippen LogP contribution < -0.4 is 27.0 Å². The molecule has 240 valence electrons. The zero-order chi connectivity index (χ0) is 32.8. The van der Waals surface area contributed by atoms with E-state index in [1.54, 1.807) is 30.5 Å². The minimum absolute atomic E-state index is 0.00534. The van der Waals surface area contributed by atoms with Gasteiger partial charge in [-0.2, -0.15) is 11.8 Å². The van der Waals surface area contributed by atoms with Gasteiger partial charge in [-0.3, -0.25) is 19.2 Å². The topological polar surface area (TPSA) is 240 Å². The number of hydrogen-bond donors (Lipinski definition) is 9. The van der Waals surface area contributed by atoms with Crippen molar-refractivity contribution in [2.75, 3.05) is 18.6 Å². The molecule has 2 aromatic carbocycles. The summed E-state index contributed by atoms with van der Waals surface area (Å²) in [6, 6.07) is 6.03. The van der Waals surface area contributed by atoms with E-state index in [-0.39, 0.29) is 30.8 Å². The maximum Gasteiger partial charge on any atom is 0.328 e. The minimum atomic E-state index is -1.56. The lowest BCUT2D eigenvalue weighted by Gasteiger charge is -2.25. The second-order valence-electron chi connectivity index (χ2n) is 10.1. The molecule has 44 heavy (non-hydrogen) atoms. The lowest BCUT2D eigenvalue weighted by atomic mass is 10.0. The molecule has 0 aliphatic carbocycles. The summed E-state index contributed by atoms with van der Waals surface area (Å²) < 4.78 is 0. The minimum Gasteiger partial charge on any atom is -0.508 e. The summed E-state index contributed by atoms with van der Waals surface area (Å²) in [5.74, 6) is -3.85. The van der Waals surface area contributed by atoms with Crippen molar-refractivity contribution >= 4 is 41.4 Å². The average Bonchev–Trinajstić information content (AvgIpc) is 2.99. The molecule has 0 unspecified atom stereocenters. The van der Waals surface area contributed by atoms with Crippen LogP contribution in [0.15, 0.2) is 48.5 Å². The molecule has 5 atom stereocenters. The van der Waals surface area contributed by atoms with Crippen LogP contribution in [0, 0.1) is 0 Å². The van der Waals surface area contributed by atoms with Crippen LogP contribution in [0.4, 0.5) is 0 Å². The van der Waals surface area contributed by atoms with E-state index in [9.17, 15) is 39.3 Å². The SMILES string of the molecule is CSCC[C@H](NC(=O)[C@H](C)NC(=O)[C@H](Cc1ccc(O)cc1)NC(=O)[C@@H](N)Cc1ccc(O)cc1)C(=O)N[C@@H](CO)C(=O)O. The van der Waals surface area contributed by atoms with Crippen molar-refractivity contribution in [3.05, 3.63) is 59.7 Å². The highest BCUT2D eigenvalue weighted by Gasteiger charge is 2.30. The van der Waals surface area contributed by atoms with Crippen LogP contribution in [0.5, 0.6) is 11.5 Å². The number of carbonyl (C=O) groups is 5. The molecule has 0 fully saturated rings. The number of phenols is 2. The van der Waals surface area contributed by atoms with E-state index < -0.39 is 66.4 Å². The summed E-state index contributed by atoms with van der Waals surface area (Å²) in [6.45, 7) is 0.532. The number of aliphatic hydroxyl groups is 1. The number of phenolic OH excluding ortho intramolecular Hbond substituents is 2. The number of nitrogens with two attached hydrogens (primary N) is 1. The number of hydrogen-bond acceptors (Lipinski definition) is 10. The van der Waals surface area contributed by atoms with Crippen LogP contribution >= 0.6 is 11.8 Å². The molecule has 0 aliphatic rings. The zero-order valence-electron chi connectivity index (χ0n) is 24.4. The maximum absolute atomic E-state index is 13.3. The number of amides is 4. The number of rotatable bonds is 17. The zero-order valence-corrected chi connectivity index (χ0v) is 25.2. The van der Waals surface area contributed by atoms with Gasteiger partial charge < -0.3 is 47.4 Å². The van der Waals surface area contributed by atoms with Crippen molar-refractivity contribution in [2.45, 2.75) is 56.4 Å². The Hall–Kier alpha value is -4.34. The van der Waals surface area contributed by atoms with Gasteiger partial charge in [0.25, 0.3) is 0 Å². The number of nitrogens with one attached hydrogen (secondary N) is 4. The van der Waals surface area contributed by atoms with E-state index in [1.807, 2.05) is 0 Å². The van der Waals surface area contributed by atoms with E-state index in [4.69, 9.17) is 10.8 Å². The van der Waals surface area contributed by atoms with Crippen molar-refractivity contribution in [3.63, 3.8) is 0 Å². The van der Waals surface area contributed by atoms with Gasteiger partial charge in [0.2, 0.25) is 23.6 Å². The summed E-state index contributed by atoms with van der Waals surface area (Å²) in [5, 5.41) is 47.3. The van der Waals surface area contributed by atoms with Gasteiger partial charge in [0.05, 0.1) is 12.6 Å². The predicted octanol–water partition coefficient (Wildman–Crippen LogP) is -1.00. The summed E-state index contributed by atoms with van der Waals surface area (Å²) >= 11 is 1.40. The third kappa shape index (κ3) is 11.7. The van der Waals surface area contributed by atoms with Crippen molar-refractivity contribution < 1.29 is 44.4 Å². The maximum atomic E-state index is 13.3. The third-order valence-corrected chi connectivity index (χ3v) is 7.17.